The molecule has 0 aliphatic carbocycles. The van der Waals surface area contributed by atoms with Crippen molar-refractivity contribution in [3.05, 3.63) is 11.7 Å². The van der Waals surface area contributed by atoms with Crippen molar-refractivity contribution in [1.29, 1.82) is 0 Å². The second kappa shape index (κ2) is 8.82. The molecule has 1 fully saturated rings. The molecule has 1 aromatic rings. The van der Waals surface area contributed by atoms with Gasteiger partial charge in [0.2, 0.25) is 11.8 Å². The Balaban J connectivity index is 1.66. The fraction of sp³-hybridized carbons (Fsp3) is 0.786. The minimum atomic E-state index is 0.0509. The highest BCUT2D eigenvalue weighted by atomic mass is 16.5. The first-order valence-corrected chi connectivity index (χ1v) is 7.73. The van der Waals surface area contributed by atoms with E-state index in [1.807, 2.05) is 6.92 Å². The van der Waals surface area contributed by atoms with Crippen LogP contribution in [0.15, 0.2) is 4.52 Å². The first kappa shape index (κ1) is 16.9. The zero-order chi connectivity index (χ0) is 15.8. The summed E-state index contributed by atoms with van der Waals surface area (Å²) in [5.41, 5.74) is 0. The quantitative estimate of drug-likeness (QED) is 0.649. The topological polar surface area (TPSA) is 83.7 Å². The van der Waals surface area contributed by atoms with Crippen LogP contribution in [0.5, 0.6) is 0 Å². The maximum Gasteiger partial charge on any atom is 0.240 e. The highest BCUT2D eigenvalue weighted by Gasteiger charge is 2.20. The van der Waals surface area contributed by atoms with Gasteiger partial charge in [-0.1, -0.05) is 12.1 Å². The third-order valence-corrected chi connectivity index (χ3v) is 3.65. The van der Waals surface area contributed by atoms with E-state index in [-0.39, 0.29) is 5.91 Å². The van der Waals surface area contributed by atoms with E-state index in [0.29, 0.717) is 32.1 Å². The lowest BCUT2D eigenvalue weighted by molar-refractivity contribution is -0.122. The molecule has 0 saturated carbocycles. The Bertz CT molecular complexity index is 457. The zero-order valence-electron chi connectivity index (χ0n) is 13.4. The molecule has 0 atom stereocenters. The van der Waals surface area contributed by atoms with Gasteiger partial charge < -0.3 is 14.6 Å². The molecule has 1 N–H and O–H groups in total. The summed E-state index contributed by atoms with van der Waals surface area (Å²) in [4.78, 5) is 20.5. The van der Waals surface area contributed by atoms with Gasteiger partial charge in [-0.05, 0) is 0 Å². The standard InChI is InChI=1S/C14H25N5O3/c1-3-12-16-14(22-17-12)11-19-7-5-18(6-8-19)10-13(20)15-4-9-21-2/h3-11H2,1-2H3,(H,15,20). The summed E-state index contributed by atoms with van der Waals surface area (Å²) in [5.74, 6) is 1.47. The van der Waals surface area contributed by atoms with E-state index in [9.17, 15) is 4.79 Å². The lowest BCUT2D eigenvalue weighted by atomic mass is 10.3. The Morgan fingerprint density at radius 2 is 2.05 bits per heavy atom. The number of piperazine rings is 1. The lowest BCUT2D eigenvalue weighted by Gasteiger charge is -2.33. The van der Waals surface area contributed by atoms with Crippen LogP contribution in [0.4, 0.5) is 0 Å². The van der Waals surface area contributed by atoms with Gasteiger partial charge in [0.25, 0.3) is 0 Å². The fourth-order valence-electron chi connectivity index (χ4n) is 2.35. The largest absolute Gasteiger partial charge is 0.383 e. The number of amides is 1. The first-order chi connectivity index (χ1) is 10.7. The molecule has 0 spiro atoms. The summed E-state index contributed by atoms with van der Waals surface area (Å²) in [6.07, 6.45) is 0.787. The number of methoxy groups -OCH3 is 1. The third kappa shape index (κ3) is 5.36. The second-order valence-corrected chi connectivity index (χ2v) is 5.35. The Morgan fingerprint density at radius 1 is 1.32 bits per heavy atom. The Kier molecular flexibility index (Phi) is 6.75. The van der Waals surface area contributed by atoms with Crippen LogP contribution in [0.3, 0.4) is 0 Å². The summed E-state index contributed by atoms with van der Waals surface area (Å²) in [7, 11) is 1.62. The van der Waals surface area contributed by atoms with E-state index in [1.54, 1.807) is 7.11 Å². The van der Waals surface area contributed by atoms with Crippen LogP contribution in [0.1, 0.15) is 18.6 Å². The van der Waals surface area contributed by atoms with Crippen molar-refractivity contribution in [1.82, 2.24) is 25.3 Å². The Morgan fingerprint density at radius 3 is 2.68 bits per heavy atom. The molecule has 1 aromatic heterocycles. The molecule has 0 aromatic carbocycles. The van der Waals surface area contributed by atoms with Gasteiger partial charge in [0.05, 0.1) is 19.7 Å². The maximum absolute atomic E-state index is 11.7. The zero-order valence-corrected chi connectivity index (χ0v) is 13.4. The lowest BCUT2D eigenvalue weighted by Crippen LogP contribution is -2.49. The van der Waals surface area contributed by atoms with Crippen LogP contribution in [-0.4, -0.2) is 78.8 Å². The molecule has 124 valence electrons. The number of hydrogen-bond donors (Lipinski definition) is 1. The van der Waals surface area contributed by atoms with Gasteiger partial charge in [-0.15, -0.1) is 0 Å². The molecule has 1 aliphatic rings. The van der Waals surface area contributed by atoms with Crippen LogP contribution in [0.2, 0.25) is 0 Å². The number of rotatable bonds is 8. The predicted molar refractivity (Wildman–Crippen MR) is 80.3 cm³/mol. The van der Waals surface area contributed by atoms with Crippen LogP contribution < -0.4 is 5.32 Å². The molecule has 22 heavy (non-hydrogen) atoms. The number of carbonyl (C=O) groups is 1. The number of ether oxygens (including phenoxy) is 1. The number of hydrogen-bond acceptors (Lipinski definition) is 7. The van der Waals surface area contributed by atoms with E-state index in [0.717, 1.165) is 38.4 Å². The van der Waals surface area contributed by atoms with Crippen molar-refractivity contribution in [2.45, 2.75) is 19.9 Å². The highest BCUT2D eigenvalue weighted by molar-refractivity contribution is 5.77. The molecule has 8 heteroatoms. The van der Waals surface area contributed by atoms with Crippen molar-refractivity contribution < 1.29 is 14.1 Å². The van der Waals surface area contributed by atoms with Crippen LogP contribution in [0, 0.1) is 0 Å². The van der Waals surface area contributed by atoms with E-state index in [1.165, 1.54) is 0 Å². The molecule has 0 unspecified atom stereocenters. The van der Waals surface area contributed by atoms with Gasteiger partial charge in [-0.2, -0.15) is 4.98 Å². The summed E-state index contributed by atoms with van der Waals surface area (Å²) in [6.45, 7) is 7.77. The normalized spacial score (nSPS) is 16.8. The molecular weight excluding hydrogens is 286 g/mol. The number of nitrogens with one attached hydrogen (secondary N) is 1. The average Bonchev–Trinajstić information content (AvgIpc) is 2.97. The second-order valence-electron chi connectivity index (χ2n) is 5.35. The van der Waals surface area contributed by atoms with Crippen molar-refractivity contribution in [3.8, 4) is 0 Å². The van der Waals surface area contributed by atoms with Crippen molar-refractivity contribution in [2.75, 3.05) is 53.0 Å². The number of aryl methyl sites for hydroxylation is 1. The van der Waals surface area contributed by atoms with Crippen LogP contribution in [0.25, 0.3) is 0 Å². The summed E-state index contributed by atoms with van der Waals surface area (Å²) in [6, 6.07) is 0. The molecule has 8 nitrogen and oxygen atoms in total. The highest BCUT2D eigenvalue weighted by Crippen LogP contribution is 2.07. The van der Waals surface area contributed by atoms with Crippen molar-refractivity contribution in [3.63, 3.8) is 0 Å². The Labute approximate surface area is 130 Å². The molecule has 2 rings (SSSR count). The Hall–Kier alpha value is -1.51. The first-order valence-electron chi connectivity index (χ1n) is 7.73. The minimum Gasteiger partial charge on any atom is -0.383 e. The van der Waals surface area contributed by atoms with Gasteiger partial charge in [0, 0.05) is 46.3 Å². The van der Waals surface area contributed by atoms with E-state index >= 15 is 0 Å². The van der Waals surface area contributed by atoms with Gasteiger partial charge >= 0.3 is 0 Å². The van der Waals surface area contributed by atoms with Gasteiger partial charge in [-0.25, -0.2) is 0 Å². The maximum atomic E-state index is 11.7. The summed E-state index contributed by atoms with van der Waals surface area (Å²) in [5, 5.41) is 6.74. The monoisotopic (exact) mass is 311 g/mol. The molecule has 2 heterocycles. The molecule has 1 aliphatic heterocycles. The third-order valence-electron chi connectivity index (χ3n) is 3.65. The fourth-order valence-corrected chi connectivity index (χ4v) is 2.35. The number of nitrogens with zero attached hydrogens (tertiary/aromatic N) is 4. The number of carbonyl (C=O) groups excluding carboxylic acids is 1. The smallest absolute Gasteiger partial charge is 0.240 e. The van der Waals surface area contributed by atoms with Gasteiger partial charge in [-0.3, -0.25) is 14.6 Å². The summed E-state index contributed by atoms with van der Waals surface area (Å²) < 4.78 is 10.1. The van der Waals surface area contributed by atoms with E-state index in [2.05, 4.69) is 25.3 Å². The van der Waals surface area contributed by atoms with Crippen molar-refractivity contribution >= 4 is 5.91 Å². The van der Waals surface area contributed by atoms with Crippen molar-refractivity contribution in [2.24, 2.45) is 0 Å². The van der Waals surface area contributed by atoms with Crippen LogP contribution in [-0.2, 0) is 22.5 Å². The van der Waals surface area contributed by atoms with E-state index in [4.69, 9.17) is 9.26 Å². The minimum absolute atomic E-state index is 0.0509. The molecule has 0 bridgehead atoms. The average molecular weight is 311 g/mol. The predicted octanol–water partition coefficient (Wildman–Crippen LogP) is -0.488. The molecule has 0 radical (unpaired) electrons. The molecule has 1 saturated heterocycles. The van der Waals surface area contributed by atoms with Gasteiger partial charge in [0.1, 0.15) is 0 Å². The molecular formula is C14H25N5O3. The van der Waals surface area contributed by atoms with E-state index < -0.39 is 0 Å². The molecule has 1 amide bonds. The SMILES string of the molecule is CCc1noc(CN2CCN(CC(=O)NCCOC)CC2)n1. The summed E-state index contributed by atoms with van der Waals surface area (Å²) >= 11 is 0. The number of aromatic nitrogens is 2. The van der Waals surface area contributed by atoms with Crippen LogP contribution >= 0.6 is 0 Å². The van der Waals surface area contributed by atoms with Gasteiger partial charge in [0.15, 0.2) is 5.82 Å².